The molecule has 114 valence electrons. The van der Waals surface area contributed by atoms with Gasteiger partial charge >= 0.3 is 0 Å². The van der Waals surface area contributed by atoms with Crippen molar-refractivity contribution >= 4 is 0 Å². The molecule has 1 aliphatic heterocycles. The number of methoxy groups -OCH3 is 1. The van der Waals surface area contributed by atoms with Crippen molar-refractivity contribution in [3.05, 3.63) is 77.7 Å². The minimum Gasteiger partial charge on any atom is -0.481 e. The Morgan fingerprint density at radius 3 is 2.17 bits per heavy atom. The van der Waals surface area contributed by atoms with Crippen molar-refractivity contribution in [1.82, 2.24) is 9.97 Å². The third kappa shape index (κ3) is 1.90. The van der Waals surface area contributed by atoms with Gasteiger partial charge in [-0.05, 0) is 12.1 Å². The zero-order valence-electron chi connectivity index (χ0n) is 12.4. The normalized spacial score (nSPS) is 14.3. The average molecular weight is 306 g/mol. The number of aromatic nitrogens is 2. The maximum atomic E-state index is 11.7. The standard InChI is InChI=1S/C18H14N2O3/c1-22-17-14(10-19-11-20-17)18(21)12-6-2-4-8-15(12)23-16-9-5-3-7-13(16)18/h2-11,21H,1H3. The molecule has 0 spiro atoms. The van der Waals surface area contributed by atoms with E-state index in [0.29, 0.717) is 34.1 Å². The van der Waals surface area contributed by atoms with E-state index in [1.807, 2.05) is 48.5 Å². The third-order valence-electron chi connectivity index (χ3n) is 4.03. The fourth-order valence-electron chi connectivity index (χ4n) is 2.99. The highest BCUT2D eigenvalue weighted by molar-refractivity contribution is 5.61. The molecule has 5 nitrogen and oxygen atoms in total. The molecule has 3 aromatic rings. The molecule has 0 atom stereocenters. The highest BCUT2D eigenvalue weighted by atomic mass is 16.5. The summed E-state index contributed by atoms with van der Waals surface area (Å²) in [5, 5.41) is 11.7. The summed E-state index contributed by atoms with van der Waals surface area (Å²) in [6.45, 7) is 0. The van der Waals surface area contributed by atoms with Crippen molar-refractivity contribution < 1.29 is 14.6 Å². The van der Waals surface area contributed by atoms with Crippen molar-refractivity contribution in [1.29, 1.82) is 0 Å². The minimum absolute atomic E-state index is 0.328. The largest absolute Gasteiger partial charge is 0.481 e. The van der Waals surface area contributed by atoms with Crippen LogP contribution in [0.4, 0.5) is 0 Å². The summed E-state index contributed by atoms with van der Waals surface area (Å²) in [5.41, 5.74) is 0.294. The van der Waals surface area contributed by atoms with Crippen molar-refractivity contribution in [3.63, 3.8) is 0 Å². The second kappa shape index (κ2) is 5.07. The van der Waals surface area contributed by atoms with Crippen LogP contribution in [0.15, 0.2) is 61.1 Å². The first kappa shape index (κ1) is 13.7. The molecule has 5 heteroatoms. The second-order valence-electron chi connectivity index (χ2n) is 5.25. The summed E-state index contributed by atoms with van der Waals surface area (Å²) in [5.74, 6) is 1.52. The van der Waals surface area contributed by atoms with E-state index in [-0.39, 0.29) is 0 Å². The molecule has 0 fully saturated rings. The fraction of sp³-hybridized carbons (Fsp3) is 0.111. The van der Waals surface area contributed by atoms with E-state index in [9.17, 15) is 5.11 Å². The molecule has 1 aliphatic rings. The van der Waals surface area contributed by atoms with Gasteiger partial charge in [-0.1, -0.05) is 36.4 Å². The molecule has 1 aromatic heterocycles. The lowest BCUT2D eigenvalue weighted by Crippen LogP contribution is -2.33. The molecule has 4 rings (SSSR count). The number of hydrogen-bond donors (Lipinski definition) is 1. The maximum Gasteiger partial charge on any atom is 0.223 e. The van der Waals surface area contributed by atoms with Crippen LogP contribution in [-0.4, -0.2) is 22.2 Å². The van der Waals surface area contributed by atoms with Gasteiger partial charge in [0.25, 0.3) is 0 Å². The van der Waals surface area contributed by atoms with Crippen LogP contribution in [0, 0.1) is 0 Å². The van der Waals surface area contributed by atoms with Crippen molar-refractivity contribution in [2.24, 2.45) is 0 Å². The van der Waals surface area contributed by atoms with Gasteiger partial charge in [0.05, 0.1) is 12.7 Å². The molecule has 0 aliphatic carbocycles. The number of aliphatic hydroxyl groups is 1. The van der Waals surface area contributed by atoms with E-state index < -0.39 is 5.60 Å². The van der Waals surface area contributed by atoms with Gasteiger partial charge in [-0.3, -0.25) is 0 Å². The Balaban J connectivity index is 2.08. The summed E-state index contributed by atoms with van der Waals surface area (Å²) in [7, 11) is 1.52. The van der Waals surface area contributed by atoms with Gasteiger partial charge < -0.3 is 14.6 Å². The quantitative estimate of drug-likeness (QED) is 0.788. The summed E-state index contributed by atoms with van der Waals surface area (Å²) >= 11 is 0. The van der Waals surface area contributed by atoms with Gasteiger partial charge in [-0.25, -0.2) is 9.97 Å². The van der Waals surface area contributed by atoms with E-state index in [1.54, 1.807) is 6.20 Å². The number of ether oxygens (including phenoxy) is 2. The van der Waals surface area contributed by atoms with Crippen LogP contribution in [-0.2, 0) is 5.60 Å². The highest BCUT2D eigenvalue weighted by Gasteiger charge is 2.44. The van der Waals surface area contributed by atoms with Crippen LogP contribution in [0.1, 0.15) is 16.7 Å². The number of hydrogen-bond acceptors (Lipinski definition) is 5. The van der Waals surface area contributed by atoms with E-state index in [2.05, 4.69) is 9.97 Å². The first-order valence-corrected chi connectivity index (χ1v) is 7.19. The molecule has 0 radical (unpaired) electrons. The third-order valence-corrected chi connectivity index (χ3v) is 4.03. The molecular formula is C18H14N2O3. The Morgan fingerprint density at radius 2 is 1.57 bits per heavy atom. The molecule has 0 bridgehead atoms. The van der Waals surface area contributed by atoms with E-state index in [1.165, 1.54) is 13.4 Å². The topological polar surface area (TPSA) is 64.5 Å². The van der Waals surface area contributed by atoms with Crippen molar-refractivity contribution in [3.8, 4) is 17.4 Å². The Morgan fingerprint density at radius 1 is 0.957 bits per heavy atom. The number of para-hydroxylation sites is 2. The second-order valence-corrected chi connectivity index (χ2v) is 5.25. The summed E-state index contributed by atoms with van der Waals surface area (Å²) in [4.78, 5) is 8.20. The minimum atomic E-state index is -1.45. The summed E-state index contributed by atoms with van der Waals surface area (Å²) in [6, 6.07) is 14.8. The first-order valence-electron chi connectivity index (χ1n) is 7.19. The number of nitrogens with zero attached hydrogens (tertiary/aromatic N) is 2. The predicted molar refractivity (Wildman–Crippen MR) is 83.6 cm³/mol. The molecule has 1 N–H and O–H groups in total. The maximum absolute atomic E-state index is 11.7. The molecule has 0 amide bonds. The van der Waals surface area contributed by atoms with Crippen LogP contribution in [0.2, 0.25) is 0 Å². The molecule has 0 saturated heterocycles. The molecule has 0 saturated carbocycles. The smallest absolute Gasteiger partial charge is 0.223 e. The van der Waals surface area contributed by atoms with Crippen LogP contribution in [0.25, 0.3) is 0 Å². The fourth-order valence-corrected chi connectivity index (χ4v) is 2.99. The highest BCUT2D eigenvalue weighted by Crippen LogP contribution is 2.51. The van der Waals surface area contributed by atoms with Gasteiger partial charge in [-0.15, -0.1) is 0 Å². The molecular weight excluding hydrogens is 292 g/mol. The Kier molecular flexibility index (Phi) is 3.02. The lowest BCUT2D eigenvalue weighted by molar-refractivity contribution is 0.108. The van der Waals surface area contributed by atoms with Crippen molar-refractivity contribution in [2.45, 2.75) is 5.60 Å². The average Bonchev–Trinajstić information content (AvgIpc) is 2.62. The lowest BCUT2D eigenvalue weighted by Gasteiger charge is -2.36. The number of benzene rings is 2. The molecule has 0 unspecified atom stereocenters. The Labute approximate surface area is 133 Å². The van der Waals surface area contributed by atoms with Crippen LogP contribution in [0.5, 0.6) is 17.4 Å². The molecule has 23 heavy (non-hydrogen) atoms. The zero-order chi connectivity index (χ0) is 15.9. The molecule has 2 heterocycles. The van der Waals surface area contributed by atoms with Crippen LogP contribution in [0.3, 0.4) is 0 Å². The van der Waals surface area contributed by atoms with Gasteiger partial charge in [0.2, 0.25) is 5.88 Å². The summed E-state index contributed by atoms with van der Waals surface area (Å²) < 4.78 is 11.3. The van der Waals surface area contributed by atoms with E-state index in [4.69, 9.17) is 9.47 Å². The molecule has 2 aromatic carbocycles. The summed E-state index contributed by atoms with van der Waals surface area (Å²) in [6.07, 6.45) is 2.97. The van der Waals surface area contributed by atoms with Gasteiger partial charge in [-0.2, -0.15) is 0 Å². The van der Waals surface area contributed by atoms with Gasteiger partial charge in [0.1, 0.15) is 17.8 Å². The van der Waals surface area contributed by atoms with Crippen molar-refractivity contribution in [2.75, 3.05) is 7.11 Å². The Bertz CT molecular complexity index is 834. The van der Waals surface area contributed by atoms with E-state index >= 15 is 0 Å². The number of fused-ring (bicyclic) bond motifs is 2. The lowest BCUT2D eigenvalue weighted by atomic mass is 9.79. The zero-order valence-corrected chi connectivity index (χ0v) is 12.4. The SMILES string of the molecule is COc1ncncc1C1(O)c2ccccc2Oc2ccccc21. The monoisotopic (exact) mass is 306 g/mol. The van der Waals surface area contributed by atoms with Crippen LogP contribution < -0.4 is 9.47 Å². The number of rotatable bonds is 2. The predicted octanol–water partition coefficient (Wildman–Crippen LogP) is 2.88. The van der Waals surface area contributed by atoms with Gasteiger partial charge in [0.15, 0.2) is 5.60 Å². The first-order chi connectivity index (χ1) is 11.2. The van der Waals surface area contributed by atoms with Gasteiger partial charge in [0, 0.05) is 17.3 Å². The van der Waals surface area contributed by atoms with Crippen LogP contribution >= 0.6 is 0 Å². The van der Waals surface area contributed by atoms with E-state index in [0.717, 1.165) is 0 Å². The Hall–Kier alpha value is -2.92.